The van der Waals surface area contributed by atoms with E-state index in [4.69, 9.17) is 0 Å². The predicted octanol–water partition coefficient (Wildman–Crippen LogP) is 2.19. The summed E-state index contributed by atoms with van der Waals surface area (Å²) < 4.78 is 0. The molecule has 1 unspecified atom stereocenters. The van der Waals surface area contributed by atoms with Gasteiger partial charge in [0.1, 0.15) is 0 Å². The van der Waals surface area contributed by atoms with E-state index >= 15 is 0 Å². The molecule has 0 saturated heterocycles. The predicted molar refractivity (Wildman–Crippen MR) is 89.8 cm³/mol. The maximum absolute atomic E-state index is 11.5. The zero-order valence-electron chi connectivity index (χ0n) is 14.0. The van der Waals surface area contributed by atoms with Gasteiger partial charge in [0.15, 0.2) is 5.13 Å². The van der Waals surface area contributed by atoms with Crippen LogP contribution in [0.25, 0.3) is 0 Å². The molecule has 6 heteroatoms. The summed E-state index contributed by atoms with van der Waals surface area (Å²) >= 11 is 1.53. The maximum Gasteiger partial charge on any atom is 0.225 e. The Morgan fingerprint density at radius 3 is 2.57 bits per heavy atom. The fourth-order valence-corrected chi connectivity index (χ4v) is 3.29. The fourth-order valence-electron chi connectivity index (χ4n) is 2.36. The Bertz CT molecular complexity index is 437. The van der Waals surface area contributed by atoms with Gasteiger partial charge in [-0.3, -0.25) is 9.69 Å². The van der Waals surface area contributed by atoms with Crippen LogP contribution in [0.4, 0.5) is 5.13 Å². The lowest BCUT2D eigenvalue weighted by Gasteiger charge is -2.28. The molecule has 0 aromatic carbocycles. The smallest absolute Gasteiger partial charge is 0.225 e. The molecule has 0 aliphatic heterocycles. The van der Waals surface area contributed by atoms with E-state index in [9.17, 15) is 4.79 Å². The quantitative estimate of drug-likeness (QED) is 0.799. The topological polar surface area (TPSA) is 48.5 Å². The molecule has 0 spiro atoms. The molecule has 0 aliphatic rings. The number of hydrogen-bond donors (Lipinski definition) is 1. The zero-order chi connectivity index (χ0) is 16.0. The van der Waals surface area contributed by atoms with Gasteiger partial charge in [-0.15, -0.1) is 11.3 Å². The van der Waals surface area contributed by atoms with Gasteiger partial charge in [0, 0.05) is 38.0 Å². The number of rotatable bonds is 8. The molecule has 1 heterocycles. The summed E-state index contributed by atoms with van der Waals surface area (Å²) in [6.07, 6.45) is 0. The monoisotopic (exact) mass is 312 g/mol. The van der Waals surface area contributed by atoms with Crippen molar-refractivity contribution >= 4 is 22.4 Å². The molecular weight excluding hydrogens is 284 g/mol. The number of carbonyl (C=O) groups excluding carboxylic acids is 1. The van der Waals surface area contributed by atoms with Crippen molar-refractivity contribution < 1.29 is 4.79 Å². The number of amides is 1. The average molecular weight is 312 g/mol. The third-order valence-corrected chi connectivity index (χ3v) is 4.47. The number of aromatic nitrogens is 1. The van der Waals surface area contributed by atoms with Gasteiger partial charge in [0.25, 0.3) is 0 Å². The molecule has 1 N–H and O–H groups in total. The molecule has 1 rings (SSSR count). The second kappa shape index (κ2) is 8.46. The third-order valence-electron chi connectivity index (χ3n) is 3.56. The number of nitrogens with zero attached hydrogens (tertiary/aromatic N) is 3. The van der Waals surface area contributed by atoms with E-state index in [0.717, 1.165) is 23.9 Å². The normalized spacial score (nSPS) is 13.0. The Labute approximate surface area is 132 Å². The highest BCUT2D eigenvalue weighted by molar-refractivity contribution is 7.14. The summed E-state index contributed by atoms with van der Waals surface area (Å²) in [5.74, 6) is 0.644. The van der Waals surface area contributed by atoms with Crippen molar-refractivity contribution in [3.8, 4) is 0 Å². The Hall–Kier alpha value is -0.980. The van der Waals surface area contributed by atoms with Crippen LogP contribution in [0.3, 0.4) is 0 Å². The first-order valence-electron chi connectivity index (χ1n) is 7.46. The minimum atomic E-state index is 0.0406. The van der Waals surface area contributed by atoms with Gasteiger partial charge in [-0.1, -0.05) is 13.8 Å². The minimum absolute atomic E-state index is 0.0406. The van der Waals surface area contributed by atoms with E-state index in [2.05, 4.69) is 43.1 Å². The van der Waals surface area contributed by atoms with Crippen molar-refractivity contribution in [2.24, 2.45) is 5.92 Å². The number of anilines is 1. The van der Waals surface area contributed by atoms with Gasteiger partial charge < -0.3 is 10.2 Å². The Kier molecular flexibility index (Phi) is 7.28. The van der Waals surface area contributed by atoms with Crippen LogP contribution in [-0.4, -0.2) is 49.0 Å². The van der Waals surface area contributed by atoms with Crippen molar-refractivity contribution in [3.63, 3.8) is 0 Å². The van der Waals surface area contributed by atoms with Gasteiger partial charge >= 0.3 is 0 Å². The van der Waals surface area contributed by atoms with Crippen LogP contribution < -0.4 is 10.2 Å². The highest BCUT2D eigenvalue weighted by atomic mass is 32.1. The first-order valence-corrected chi connectivity index (χ1v) is 8.34. The molecule has 0 radical (unpaired) electrons. The van der Waals surface area contributed by atoms with E-state index in [1.807, 2.05) is 12.3 Å². The molecule has 1 atom stereocenters. The lowest BCUT2D eigenvalue weighted by atomic mass is 10.0. The second-order valence-electron chi connectivity index (χ2n) is 5.79. The van der Waals surface area contributed by atoms with Crippen LogP contribution in [-0.2, 0) is 11.3 Å². The highest BCUT2D eigenvalue weighted by Gasteiger charge is 2.16. The number of hydrogen-bond acceptors (Lipinski definition) is 5. The molecule has 21 heavy (non-hydrogen) atoms. The van der Waals surface area contributed by atoms with Crippen LogP contribution in [0, 0.1) is 5.92 Å². The lowest BCUT2D eigenvalue weighted by Crippen LogP contribution is -2.41. The number of carbonyl (C=O) groups is 1. The van der Waals surface area contributed by atoms with E-state index < -0.39 is 0 Å². The van der Waals surface area contributed by atoms with Gasteiger partial charge in [0.05, 0.1) is 5.69 Å². The third kappa shape index (κ3) is 5.37. The van der Waals surface area contributed by atoms with Crippen molar-refractivity contribution in [1.82, 2.24) is 15.2 Å². The molecule has 0 bridgehead atoms. The Morgan fingerprint density at radius 2 is 2.10 bits per heavy atom. The Morgan fingerprint density at radius 1 is 1.43 bits per heavy atom. The molecular formula is C15H28N4OS. The summed E-state index contributed by atoms with van der Waals surface area (Å²) in [4.78, 5) is 20.0. The van der Waals surface area contributed by atoms with Crippen LogP contribution in [0.5, 0.6) is 0 Å². The molecule has 0 aliphatic carbocycles. The van der Waals surface area contributed by atoms with Crippen molar-refractivity contribution in [2.75, 3.05) is 32.1 Å². The number of thiazole rings is 1. The van der Waals surface area contributed by atoms with Gasteiger partial charge in [0.2, 0.25) is 5.91 Å². The molecule has 1 aromatic heterocycles. The minimum Gasteiger partial charge on any atom is -0.310 e. The molecule has 0 fully saturated rings. The molecule has 1 aromatic rings. The summed E-state index contributed by atoms with van der Waals surface area (Å²) in [6.45, 7) is 10.3. The van der Waals surface area contributed by atoms with Crippen molar-refractivity contribution in [3.05, 3.63) is 11.1 Å². The van der Waals surface area contributed by atoms with Crippen LogP contribution in [0.2, 0.25) is 0 Å². The van der Waals surface area contributed by atoms with Crippen LogP contribution >= 0.6 is 11.3 Å². The summed E-state index contributed by atoms with van der Waals surface area (Å²) in [6, 6.07) is 0.507. The van der Waals surface area contributed by atoms with E-state index in [1.54, 1.807) is 11.8 Å². The highest BCUT2D eigenvalue weighted by Crippen LogP contribution is 2.20. The largest absolute Gasteiger partial charge is 0.310 e. The van der Waals surface area contributed by atoms with E-state index in [1.165, 1.54) is 11.3 Å². The van der Waals surface area contributed by atoms with Gasteiger partial charge in [-0.2, -0.15) is 0 Å². The maximum atomic E-state index is 11.5. The lowest BCUT2D eigenvalue weighted by molar-refractivity contribution is -0.116. The zero-order valence-corrected chi connectivity index (χ0v) is 14.8. The summed E-state index contributed by atoms with van der Waals surface area (Å²) in [5, 5.41) is 6.27. The molecule has 120 valence electrons. The first-order chi connectivity index (χ1) is 9.86. The van der Waals surface area contributed by atoms with Crippen LogP contribution in [0.15, 0.2) is 5.38 Å². The number of likely N-dealkylation sites (N-methyl/N-ethyl adjacent to an activating group) is 1. The standard InChI is InChI=1S/C15H28N4OS/c1-7-19(12(4)20)15-17-13(10-21-15)8-16-9-14(11(2)3)18(5)6/h10-11,14,16H,7-9H2,1-6H3. The number of nitrogens with one attached hydrogen (secondary N) is 1. The first kappa shape index (κ1) is 18.1. The van der Waals surface area contributed by atoms with Gasteiger partial charge in [-0.05, 0) is 26.9 Å². The van der Waals surface area contributed by atoms with Crippen molar-refractivity contribution in [2.45, 2.75) is 40.3 Å². The van der Waals surface area contributed by atoms with E-state index in [0.29, 0.717) is 18.5 Å². The van der Waals surface area contributed by atoms with Gasteiger partial charge in [-0.25, -0.2) is 4.98 Å². The average Bonchev–Trinajstić information content (AvgIpc) is 2.82. The summed E-state index contributed by atoms with van der Waals surface area (Å²) in [5.41, 5.74) is 0.996. The Balaban J connectivity index is 2.54. The molecule has 1 amide bonds. The molecule has 5 nitrogen and oxygen atoms in total. The summed E-state index contributed by atoms with van der Waals surface area (Å²) in [7, 11) is 4.22. The SMILES string of the molecule is CCN(C(C)=O)c1nc(CNCC(C(C)C)N(C)C)cs1. The molecule has 0 saturated carbocycles. The second-order valence-corrected chi connectivity index (χ2v) is 6.63. The van der Waals surface area contributed by atoms with E-state index in [-0.39, 0.29) is 5.91 Å². The fraction of sp³-hybridized carbons (Fsp3) is 0.733. The van der Waals surface area contributed by atoms with Crippen LogP contribution in [0.1, 0.15) is 33.4 Å². The van der Waals surface area contributed by atoms with Crippen molar-refractivity contribution in [1.29, 1.82) is 0 Å².